The van der Waals surface area contributed by atoms with Crippen molar-refractivity contribution in [3.8, 4) is 0 Å². The van der Waals surface area contributed by atoms with Crippen LogP contribution in [0.4, 0.5) is 0 Å². The second-order valence-electron chi connectivity index (χ2n) is 4.69. The van der Waals surface area contributed by atoms with Crippen LogP contribution in [-0.2, 0) is 4.74 Å². The van der Waals surface area contributed by atoms with E-state index >= 15 is 0 Å². The molecular formula is C15H24BrNOS. The number of methoxy groups -OCH3 is 1. The number of ether oxygens (including phenoxy) is 1. The standard InChI is InChI=1S/C15H24BrNOS/c1-4-17-15(12(2)9-10-18-3)11-19-14-7-5-13(16)6-8-14/h5-8,12,15,17H,4,9-11H2,1-3H3. The summed E-state index contributed by atoms with van der Waals surface area (Å²) in [7, 11) is 1.77. The first kappa shape index (κ1) is 17.0. The van der Waals surface area contributed by atoms with Gasteiger partial charge in [0.1, 0.15) is 0 Å². The van der Waals surface area contributed by atoms with Crippen LogP contribution in [0.1, 0.15) is 20.3 Å². The second kappa shape index (κ2) is 9.81. The van der Waals surface area contributed by atoms with Crippen molar-refractivity contribution >= 4 is 27.7 Å². The minimum Gasteiger partial charge on any atom is -0.385 e. The topological polar surface area (TPSA) is 21.3 Å². The van der Waals surface area contributed by atoms with Gasteiger partial charge in [-0.1, -0.05) is 29.8 Å². The number of benzene rings is 1. The number of thioether (sulfide) groups is 1. The highest BCUT2D eigenvalue weighted by atomic mass is 79.9. The van der Waals surface area contributed by atoms with Crippen LogP contribution in [0.3, 0.4) is 0 Å². The lowest BCUT2D eigenvalue weighted by Crippen LogP contribution is -2.37. The largest absolute Gasteiger partial charge is 0.385 e. The monoisotopic (exact) mass is 345 g/mol. The van der Waals surface area contributed by atoms with Gasteiger partial charge in [-0.05, 0) is 43.1 Å². The maximum Gasteiger partial charge on any atom is 0.0465 e. The molecule has 1 rings (SSSR count). The number of hydrogen-bond donors (Lipinski definition) is 1. The molecule has 0 aliphatic rings. The smallest absolute Gasteiger partial charge is 0.0465 e. The van der Waals surface area contributed by atoms with E-state index in [9.17, 15) is 0 Å². The van der Waals surface area contributed by atoms with Crippen molar-refractivity contribution in [3.05, 3.63) is 28.7 Å². The van der Waals surface area contributed by atoms with Gasteiger partial charge in [0.15, 0.2) is 0 Å². The van der Waals surface area contributed by atoms with Crippen molar-refractivity contribution in [3.63, 3.8) is 0 Å². The van der Waals surface area contributed by atoms with E-state index in [2.05, 4.69) is 59.4 Å². The Morgan fingerprint density at radius 1 is 1.32 bits per heavy atom. The first-order valence-corrected chi connectivity index (χ1v) is 8.56. The molecule has 0 fully saturated rings. The molecule has 108 valence electrons. The summed E-state index contributed by atoms with van der Waals surface area (Å²) < 4.78 is 6.31. The summed E-state index contributed by atoms with van der Waals surface area (Å²) in [5, 5.41) is 3.59. The van der Waals surface area contributed by atoms with Crippen LogP contribution in [0.15, 0.2) is 33.6 Å². The van der Waals surface area contributed by atoms with E-state index in [-0.39, 0.29) is 0 Å². The zero-order valence-electron chi connectivity index (χ0n) is 12.0. The van der Waals surface area contributed by atoms with Gasteiger partial charge < -0.3 is 10.1 Å². The summed E-state index contributed by atoms with van der Waals surface area (Å²) in [6.45, 7) is 6.32. The highest BCUT2D eigenvalue weighted by Gasteiger charge is 2.16. The molecular weight excluding hydrogens is 322 g/mol. The third-order valence-corrected chi connectivity index (χ3v) is 4.83. The van der Waals surface area contributed by atoms with E-state index in [0.717, 1.165) is 29.8 Å². The maximum atomic E-state index is 5.18. The Labute approximate surface area is 129 Å². The Kier molecular flexibility index (Phi) is 8.79. The zero-order chi connectivity index (χ0) is 14.1. The maximum absolute atomic E-state index is 5.18. The summed E-state index contributed by atoms with van der Waals surface area (Å²) in [5.74, 6) is 1.73. The molecule has 1 N–H and O–H groups in total. The minimum atomic E-state index is 0.536. The number of hydrogen-bond acceptors (Lipinski definition) is 3. The first-order valence-electron chi connectivity index (χ1n) is 6.78. The minimum absolute atomic E-state index is 0.536. The molecule has 2 atom stereocenters. The fourth-order valence-corrected chi connectivity index (χ4v) is 3.32. The van der Waals surface area contributed by atoms with E-state index in [4.69, 9.17) is 4.74 Å². The molecule has 0 saturated heterocycles. The fraction of sp³-hybridized carbons (Fsp3) is 0.600. The quantitative estimate of drug-likeness (QED) is 0.678. The van der Waals surface area contributed by atoms with Gasteiger partial charge in [-0.15, -0.1) is 11.8 Å². The zero-order valence-corrected chi connectivity index (χ0v) is 14.4. The lowest BCUT2D eigenvalue weighted by molar-refractivity contribution is 0.172. The van der Waals surface area contributed by atoms with Crippen LogP contribution >= 0.6 is 27.7 Å². The van der Waals surface area contributed by atoms with Gasteiger partial charge in [0.05, 0.1) is 0 Å². The van der Waals surface area contributed by atoms with Crippen molar-refractivity contribution in [1.29, 1.82) is 0 Å². The summed E-state index contributed by atoms with van der Waals surface area (Å²) >= 11 is 5.38. The predicted molar refractivity (Wildman–Crippen MR) is 88.0 cm³/mol. The Bertz CT molecular complexity index is 345. The highest BCUT2D eigenvalue weighted by molar-refractivity contribution is 9.10. The van der Waals surface area contributed by atoms with E-state index in [1.165, 1.54) is 4.90 Å². The van der Waals surface area contributed by atoms with Crippen LogP contribution in [0, 0.1) is 5.92 Å². The van der Waals surface area contributed by atoms with Gasteiger partial charge in [-0.2, -0.15) is 0 Å². The van der Waals surface area contributed by atoms with E-state index < -0.39 is 0 Å². The Morgan fingerprint density at radius 3 is 2.58 bits per heavy atom. The number of rotatable bonds is 9. The normalized spacial score (nSPS) is 14.3. The molecule has 0 heterocycles. The van der Waals surface area contributed by atoms with Crippen molar-refractivity contribution in [2.24, 2.45) is 5.92 Å². The average molecular weight is 346 g/mol. The molecule has 0 aliphatic heterocycles. The van der Waals surface area contributed by atoms with Crippen LogP contribution < -0.4 is 5.32 Å². The molecule has 1 aromatic carbocycles. The Morgan fingerprint density at radius 2 is 2.00 bits per heavy atom. The van der Waals surface area contributed by atoms with Crippen molar-refractivity contribution in [2.45, 2.75) is 31.2 Å². The van der Waals surface area contributed by atoms with Gasteiger partial charge in [0.2, 0.25) is 0 Å². The molecule has 4 heteroatoms. The molecule has 0 aromatic heterocycles. The lowest BCUT2D eigenvalue weighted by Gasteiger charge is -2.24. The van der Waals surface area contributed by atoms with Crippen LogP contribution in [-0.4, -0.2) is 32.1 Å². The SMILES string of the molecule is CCNC(CSc1ccc(Br)cc1)C(C)CCOC. The van der Waals surface area contributed by atoms with Crippen molar-refractivity contribution in [2.75, 3.05) is 26.0 Å². The molecule has 2 unspecified atom stereocenters. The summed E-state index contributed by atoms with van der Waals surface area (Å²) in [6, 6.07) is 9.06. The van der Waals surface area contributed by atoms with Gasteiger partial charge >= 0.3 is 0 Å². The van der Waals surface area contributed by atoms with Crippen LogP contribution in [0.5, 0.6) is 0 Å². The molecule has 2 nitrogen and oxygen atoms in total. The van der Waals surface area contributed by atoms with Gasteiger partial charge in [-0.3, -0.25) is 0 Å². The predicted octanol–water partition coefficient (Wildman–Crippen LogP) is 4.19. The fourth-order valence-electron chi connectivity index (χ4n) is 1.91. The van der Waals surface area contributed by atoms with Gasteiger partial charge in [0.25, 0.3) is 0 Å². The third-order valence-electron chi connectivity index (χ3n) is 3.17. The highest BCUT2D eigenvalue weighted by Crippen LogP contribution is 2.23. The van der Waals surface area contributed by atoms with E-state index in [0.29, 0.717) is 12.0 Å². The molecule has 0 amide bonds. The average Bonchev–Trinajstić information content (AvgIpc) is 2.42. The molecule has 0 saturated carbocycles. The summed E-state index contributed by atoms with van der Waals surface area (Å²) in [5.41, 5.74) is 0. The van der Waals surface area contributed by atoms with Crippen LogP contribution in [0.2, 0.25) is 0 Å². The molecule has 19 heavy (non-hydrogen) atoms. The Hall–Kier alpha value is -0.0300. The first-order chi connectivity index (χ1) is 9.17. The van der Waals surface area contributed by atoms with Crippen molar-refractivity contribution < 1.29 is 4.74 Å². The van der Waals surface area contributed by atoms with Crippen LogP contribution in [0.25, 0.3) is 0 Å². The molecule has 1 aromatic rings. The molecule has 0 bridgehead atoms. The van der Waals surface area contributed by atoms with E-state index in [1.807, 2.05) is 11.8 Å². The number of nitrogens with one attached hydrogen (secondary N) is 1. The van der Waals surface area contributed by atoms with Crippen molar-refractivity contribution in [1.82, 2.24) is 5.32 Å². The third kappa shape index (κ3) is 6.80. The molecule has 0 spiro atoms. The summed E-state index contributed by atoms with van der Waals surface area (Å²) in [6.07, 6.45) is 1.11. The Balaban J connectivity index is 2.46. The second-order valence-corrected chi connectivity index (χ2v) is 6.70. The lowest BCUT2D eigenvalue weighted by atomic mass is 10.0. The number of halogens is 1. The summed E-state index contributed by atoms with van der Waals surface area (Å²) in [4.78, 5) is 1.32. The molecule has 0 aliphatic carbocycles. The molecule has 0 radical (unpaired) electrons. The van der Waals surface area contributed by atoms with Gasteiger partial charge in [-0.25, -0.2) is 0 Å². The van der Waals surface area contributed by atoms with Gasteiger partial charge in [0, 0.05) is 34.9 Å². The van der Waals surface area contributed by atoms with E-state index in [1.54, 1.807) is 7.11 Å².